The van der Waals surface area contributed by atoms with Gasteiger partial charge in [-0.25, -0.2) is 4.79 Å². The molecule has 1 aromatic heterocycles. The first-order valence-corrected chi connectivity index (χ1v) is 7.67. The summed E-state index contributed by atoms with van der Waals surface area (Å²) >= 11 is 0. The molecule has 22 heavy (non-hydrogen) atoms. The molecule has 4 atom stereocenters. The number of nitrogens with one attached hydrogen (secondary N) is 1. The zero-order valence-corrected chi connectivity index (χ0v) is 12.2. The van der Waals surface area contributed by atoms with Crippen LogP contribution in [-0.2, 0) is 15.0 Å². The topological polar surface area (TPSA) is 182 Å². The number of rotatable bonds is 3. The molecule has 1 saturated heterocycles. The molecule has 0 unspecified atom stereocenters. The second-order valence-electron chi connectivity index (χ2n) is 5.05. The Morgan fingerprint density at radius 1 is 1.45 bits per heavy atom. The number of H-pyrrole nitrogens is 1. The minimum absolute atomic E-state index is 0.662. The second-order valence-corrected chi connectivity index (χ2v) is 6.86. The van der Waals surface area contributed by atoms with Crippen molar-refractivity contribution in [3.63, 3.8) is 0 Å². The Bertz CT molecular complexity index is 738. The van der Waals surface area contributed by atoms with Crippen molar-refractivity contribution in [3.05, 3.63) is 33.1 Å². The van der Waals surface area contributed by atoms with E-state index in [9.17, 15) is 39.3 Å². The lowest BCUT2D eigenvalue weighted by Crippen LogP contribution is -2.54. The Kier molecular flexibility index (Phi) is 3.95. The van der Waals surface area contributed by atoms with Crippen molar-refractivity contribution in [2.45, 2.75) is 30.2 Å². The first-order valence-electron chi connectivity index (χ1n) is 6.05. The van der Waals surface area contributed by atoms with Gasteiger partial charge >= 0.3 is 13.3 Å². The SMILES string of the molecule is C[C@@]1(n2ccc(=O)[nH]c2=O)O[C@H](CO)[C@](O)(P(=O)(O)O)[C@H]1O. The Morgan fingerprint density at radius 2 is 2.05 bits per heavy atom. The number of aliphatic hydroxyl groups excluding tert-OH is 2. The molecule has 11 nitrogen and oxygen atoms in total. The Hall–Kier alpha value is -1.33. The summed E-state index contributed by atoms with van der Waals surface area (Å²) in [6.07, 6.45) is -3.18. The van der Waals surface area contributed by atoms with Crippen LogP contribution in [0.1, 0.15) is 6.92 Å². The van der Waals surface area contributed by atoms with Gasteiger partial charge in [-0.3, -0.25) is 18.9 Å². The molecule has 124 valence electrons. The highest BCUT2D eigenvalue weighted by molar-refractivity contribution is 7.53. The molecular weight excluding hydrogens is 323 g/mol. The molecule has 0 radical (unpaired) electrons. The predicted octanol–water partition coefficient (Wildman–Crippen LogP) is -3.17. The number of aromatic nitrogens is 2. The van der Waals surface area contributed by atoms with Crippen LogP contribution >= 0.6 is 7.60 Å². The van der Waals surface area contributed by atoms with E-state index in [1.165, 1.54) is 0 Å². The summed E-state index contributed by atoms with van der Waals surface area (Å²) in [5, 5.41) is 26.5. The predicted molar refractivity (Wildman–Crippen MR) is 69.9 cm³/mol. The lowest BCUT2D eigenvalue weighted by molar-refractivity contribution is -0.137. The zero-order chi connectivity index (χ0) is 16.9. The summed E-state index contributed by atoms with van der Waals surface area (Å²) in [5.41, 5.74) is -3.88. The number of nitrogens with zero attached hydrogens (tertiary/aromatic N) is 1. The first kappa shape index (κ1) is 17.0. The summed E-state index contributed by atoms with van der Waals surface area (Å²) in [7, 11) is -5.35. The standard InChI is InChI=1S/C10H15N2O9P/c1-9(12-3-2-6(14)11-8(12)16)7(15)10(17,22(18,19)20)5(4-13)21-9/h2-3,5,7,13,15,17H,4H2,1H3,(H,11,14,16)(H2,18,19,20)/t5-,7+,9-,10+/m1/s1. The quantitative estimate of drug-likeness (QED) is 0.309. The zero-order valence-electron chi connectivity index (χ0n) is 11.3. The van der Waals surface area contributed by atoms with Crippen molar-refractivity contribution >= 4 is 7.60 Å². The molecule has 0 bridgehead atoms. The summed E-state index contributed by atoms with van der Waals surface area (Å²) in [4.78, 5) is 43.4. The van der Waals surface area contributed by atoms with Crippen molar-refractivity contribution < 1.29 is 34.4 Å². The van der Waals surface area contributed by atoms with Gasteiger partial charge in [0.05, 0.1) is 6.61 Å². The van der Waals surface area contributed by atoms with Crippen LogP contribution in [0.25, 0.3) is 0 Å². The Balaban J connectivity index is 2.65. The number of hydrogen-bond acceptors (Lipinski definition) is 7. The number of aromatic amines is 1. The third-order valence-electron chi connectivity index (χ3n) is 3.70. The molecule has 12 heteroatoms. The average Bonchev–Trinajstić information content (AvgIpc) is 2.61. The van der Waals surface area contributed by atoms with Crippen molar-refractivity contribution in [1.82, 2.24) is 9.55 Å². The Labute approximate surface area is 122 Å². The lowest BCUT2D eigenvalue weighted by Gasteiger charge is -2.33. The minimum Gasteiger partial charge on any atom is -0.394 e. The smallest absolute Gasteiger partial charge is 0.362 e. The highest BCUT2D eigenvalue weighted by atomic mass is 31.2. The number of ether oxygens (including phenoxy) is 1. The maximum atomic E-state index is 11.8. The van der Waals surface area contributed by atoms with E-state index in [1.54, 1.807) is 0 Å². The van der Waals surface area contributed by atoms with E-state index in [0.717, 1.165) is 19.2 Å². The molecule has 1 aliphatic rings. The van der Waals surface area contributed by atoms with E-state index in [-0.39, 0.29) is 0 Å². The van der Waals surface area contributed by atoms with E-state index >= 15 is 0 Å². The Morgan fingerprint density at radius 3 is 2.45 bits per heavy atom. The van der Waals surface area contributed by atoms with E-state index in [1.807, 2.05) is 4.98 Å². The summed E-state index contributed by atoms with van der Waals surface area (Å²) in [6, 6.07) is 0.922. The van der Waals surface area contributed by atoms with Gasteiger partial charge in [-0.2, -0.15) is 0 Å². The van der Waals surface area contributed by atoms with Crippen molar-refractivity contribution in [3.8, 4) is 0 Å². The van der Waals surface area contributed by atoms with Crippen LogP contribution in [0.4, 0.5) is 0 Å². The molecule has 1 aliphatic heterocycles. The summed E-state index contributed by atoms with van der Waals surface area (Å²) in [5.74, 6) is 0. The molecule has 0 spiro atoms. The van der Waals surface area contributed by atoms with Gasteiger partial charge in [-0.05, 0) is 6.92 Å². The third-order valence-corrected chi connectivity index (χ3v) is 5.16. The second kappa shape index (κ2) is 5.10. The van der Waals surface area contributed by atoms with Crippen LogP contribution in [0.2, 0.25) is 0 Å². The largest absolute Gasteiger partial charge is 0.394 e. The molecule has 2 rings (SSSR count). The average molecular weight is 338 g/mol. The van der Waals surface area contributed by atoms with Crippen molar-refractivity contribution in [1.29, 1.82) is 0 Å². The third kappa shape index (κ3) is 2.18. The van der Waals surface area contributed by atoms with E-state index in [4.69, 9.17) is 4.74 Å². The van der Waals surface area contributed by atoms with Crippen molar-refractivity contribution in [2.75, 3.05) is 6.61 Å². The number of hydrogen-bond donors (Lipinski definition) is 6. The van der Waals surface area contributed by atoms with Gasteiger partial charge in [0.25, 0.3) is 5.56 Å². The maximum absolute atomic E-state index is 11.8. The molecule has 0 aromatic carbocycles. The van der Waals surface area contributed by atoms with Crippen LogP contribution in [0, 0.1) is 0 Å². The fraction of sp³-hybridized carbons (Fsp3) is 0.600. The van der Waals surface area contributed by atoms with Gasteiger partial charge in [-0.1, -0.05) is 0 Å². The first-order chi connectivity index (χ1) is 9.98. The molecule has 0 saturated carbocycles. The van der Waals surface area contributed by atoms with Gasteiger partial charge < -0.3 is 29.8 Å². The van der Waals surface area contributed by atoms with Gasteiger partial charge in [0, 0.05) is 12.3 Å². The number of aliphatic hydroxyl groups is 3. The normalized spacial score (nSPS) is 35.7. The van der Waals surface area contributed by atoms with E-state index in [2.05, 4.69) is 0 Å². The van der Waals surface area contributed by atoms with Crippen LogP contribution in [0.3, 0.4) is 0 Å². The highest BCUT2D eigenvalue weighted by Crippen LogP contribution is 2.60. The molecular formula is C10H15N2O9P. The van der Waals surface area contributed by atoms with E-state index in [0.29, 0.717) is 4.57 Å². The fourth-order valence-electron chi connectivity index (χ4n) is 2.48. The monoisotopic (exact) mass is 338 g/mol. The van der Waals surface area contributed by atoms with Crippen molar-refractivity contribution in [2.24, 2.45) is 0 Å². The van der Waals surface area contributed by atoms with Gasteiger partial charge in [0.1, 0.15) is 12.2 Å². The lowest BCUT2D eigenvalue weighted by atomic mass is 10.0. The van der Waals surface area contributed by atoms with Gasteiger partial charge in [0.2, 0.25) is 5.34 Å². The molecule has 1 aromatic rings. The highest BCUT2D eigenvalue weighted by Gasteiger charge is 2.70. The van der Waals surface area contributed by atoms with Crippen LogP contribution in [-0.4, -0.2) is 58.8 Å². The van der Waals surface area contributed by atoms with E-state index < -0.39 is 48.7 Å². The fourth-order valence-corrected chi connectivity index (χ4v) is 3.55. The van der Waals surface area contributed by atoms with Crippen LogP contribution in [0.5, 0.6) is 0 Å². The molecule has 0 amide bonds. The van der Waals surface area contributed by atoms with Crippen LogP contribution < -0.4 is 11.2 Å². The van der Waals surface area contributed by atoms with Crippen LogP contribution in [0.15, 0.2) is 21.9 Å². The maximum Gasteiger partial charge on any atom is 0.362 e. The minimum atomic E-state index is -5.35. The van der Waals surface area contributed by atoms with Gasteiger partial charge in [-0.15, -0.1) is 0 Å². The molecule has 2 heterocycles. The molecule has 0 aliphatic carbocycles. The summed E-state index contributed by atoms with van der Waals surface area (Å²) < 4.78 is 17.4. The molecule has 6 N–H and O–H groups in total. The van der Waals surface area contributed by atoms with Gasteiger partial charge in [0.15, 0.2) is 5.72 Å². The summed E-state index contributed by atoms with van der Waals surface area (Å²) in [6.45, 7) is 0.0556. The molecule has 1 fully saturated rings.